The van der Waals surface area contributed by atoms with Crippen molar-refractivity contribution in [1.29, 1.82) is 0 Å². The summed E-state index contributed by atoms with van der Waals surface area (Å²) in [4.78, 5) is 4.16. The van der Waals surface area contributed by atoms with Crippen LogP contribution in [0.5, 0.6) is 0 Å². The summed E-state index contributed by atoms with van der Waals surface area (Å²) in [5, 5.41) is 1.30. The molecule has 0 amide bonds. The molecule has 1 rings (SSSR count). The van der Waals surface area contributed by atoms with E-state index in [1.807, 2.05) is 18.3 Å². The van der Waals surface area contributed by atoms with Crippen molar-refractivity contribution < 1.29 is 0 Å². The van der Waals surface area contributed by atoms with Crippen LogP contribution >= 0.6 is 0 Å². The van der Waals surface area contributed by atoms with Gasteiger partial charge in [0.25, 0.3) is 0 Å². The number of hydrogen-bond acceptors (Lipinski definition) is 1. The average molecular weight is 123 g/mol. The third-order valence-corrected chi connectivity index (χ3v) is 2.23. The van der Waals surface area contributed by atoms with Gasteiger partial charge in [0.2, 0.25) is 0 Å². The summed E-state index contributed by atoms with van der Waals surface area (Å²) in [6, 6.07) is 6.08. The normalized spacial score (nSPS) is 10.6. The SMILES string of the molecule is C[SiH2]c1ccccn1. The van der Waals surface area contributed by atoms with E-state index in [0.29, 0.717) is 0 Å². The largest absolute Gasteiger partial charge is 0.267 e. The lowest BCUT2D eigenvalue weighted by Gasteiger charge is -1.88. The molecule has 0 saturated heterocycles. The van der Waals surface area contributed by atoms with Gasteiger partial charge in [-0.2, -0.15) is 0 Å². The lowest BCUT2D eigenvalue weighted by Crippen LogP contribution is -2.13. The Hall–Kier alpha value is -0.633. The van der Waals surface area contributed by atoms with Crippen LogP contribution in [-0.4, -0.2) is 14.5 Å². The van der Waals surface area contributed by atoms with Crippen LogP contribution < -0.4 is 5.32 Å². The number of pyridine rings is 1. The van der Waals surface area contributed by atoms with E-state index in [0.717, 1.165) is 0 Å². The molecule has 0 unspecified atom stereocenters. The van der Waals surface area contributed by atoms with Crippen LogP contribution in [0.2, 0.25) is 6.55 Å². The van der Waals surface area contributed by atoms with Crippen LogP contribution in [0.4, 0.5) is 0 Å². The molecular weight excluding hydrogens is 114 g/mol. The van der Waals surface area contributed by atoms with Crippen LogP contribution in [-0.2, 0) is 0 Å². The van der Waals surface area contributed by atoms with E-state index in [-0.39, 0.29) is 9.52 Å². The molecule has 2 heteroatoms. The molecule has 8 heavy (non-hydrogen) atoms. The summed E-state index contributed by atoms with van der Waals surface area (Å²) in [6.07, 6.45) is 1.85. The maximum atomic E-state index is 4.16. The fourth-order valence-electron chi connectivity index (χ4n) is 0.607. The van der Waals surface area contributed by atoms with E-state index in [9.17, 15) is 0 Å². The Bertz CT molecular complexity index is 150. The number of aromatic nitrogens is 1. The van der Waals surface area contributed by atoms with E-state index >= 15 is 0 Å². The molecule has 0 aromatic carbocycles. The molecule has 0 spiro atoms. The molecule has 0 bridgehead atoms. The first-order valence-electron chi connectivity index (χ1n) is 2.83. The fraction of sp³-hybridized carbons (Fsp3) is 0.167. The fourth-order valence-corrected chi connectivity index (χ4v) is 1.27. The minimum Gasteiger partial charge on any atom is -0.267 e. The van der Waals surface area contributed by atoms with Crippen molar-refractivity contribution in [2.24, 2.45) is 0 Å². The van der Waals surface area contributed by atoms with Crippen molar-refractivity contribution in [3.8, 4) is 0 Å². The van der Waals surface area contributed by atoms with Crippen LogP contribution in [0, 0.1) is 0 Å². The predicted molar refractivity (Wildman–Crippen MR) is 38.3 cm³/mol. The zero-order chi connectivity index (χ0) is 5.82. The second kappa shape index (κ2) is 2.62. The first-order valence-corrected chi connectivity index (χ1v) is 4.95. The van der Waals surface area contributed by atoms with Gasteiger partial charge in [0, 0.05) is 11.5 Å². The third-order valence-electron chi connectivity index (χ3n) is 1.09. The highest BCUT2D eigenvalue weighted by Crippen LogP contribution is 1.73. The molecule has 1 aromatic rings. The predicted octanol–water partition coefficient (Wildman–Crippen LogP) is -0.0762. The quantitative estimate of drug-likeness (QED) is 0.476. The smallest absolute Gasteiger partial charge is 0.0754 e. The van der Waals surface area contributed by atoms with Gasteiger partial charge < -0.3 is 0 Å². The van der Waals surface area contributed by atoms with Crippen LogP contribution in [0.3, 0.4) is 0 Å². The molecule has 42 valence electrons. The van der Waals surface area contributed by atoms with Crippen molar-refractivity contribution in [2.45, 2.75) is 6.55 Å². The van der Waals surface area contributed by atoms with Gasteiger partial charge in [0.15, 0.2) is 0 Å². The molecule has 1 nitrogen and oxygen atoms in total. The average Bonchev–Trinajstić information content (AvgIpc) is 1.90. The molecule has 0 aliphatic rings. The monoisotopic (exact) mass is 123 g/mol. The second-order valence-corrected chi connectivity index (χ2v) is 3.11. The van der Waals surface area contributed by atoms with Crippen molar-refractivity contribution in [3.05, 3.63) is 24.4 Å². The Morgan fingerprint density at radius 1 is 1.50 bits per heavy atom. The molecule has 0 radical (unpaired) electrons. The summed E-state index contributed by atoms with van der Waals surface area (Å²) in [5.74, 6) is 0. The van der Waals surface area contributed by atoms with Gasteiger partial charge in [-0.25, -0.2) is 0 Å². The Balaban J connectivity index is 2.83. The second-order valence-electron chi connectivity index (χ2n) is 1.67. The first kappa shape index (κ1) is 5.50. The van der Waals surface area contributed by atoms with Gasteiger partial charge in [-0.1, -0.05) is 12.6 Å². The lowest BCUT2D eigenvalue weighted by molar-refractivity contribution is 1.39. The highest BCUT2D eigenvalue weighted by atomic mass is 28.2. The summed E-state index contributed by atoms with van der Waals surface area (Å²) in [6.45, 7) is 2.24. The Morgan fingerprint density at radius 2 is 2.38 bits per heavy atom. The molecule has 0 saturated carbocycles. The number of hydrogen-bond donors (Lipinski definition) is 0. The molecule has 0 aliphatic carbocycles. The summed E-state index contributed by atoms with van der Waals surface area (Å²) in [7, 11) is -0.0198. The first-order chi connectivity index (χ1) is 3.93. The zero-order valence-corrected chi connectivity index (χ0v) is 6.38. The Morgan fingerprint density at radius 3 is 2.75 bits per heavy atom. The van der Waals surface area contributed by atoms with Crippen LogP contribution in [0.1, 0.15) is 0 Å². The van der Waals surface area contributed by atoms with Gasteiger partial charge in [-0.3, -0.25) is 4.98 Å². The number of rotatable bonds is 1. The molecule has 1 heterocycles. The van der Waals surface area contributed by atoms with E-state index in [1.54, 1.807) is 0 Å². The standard InChI is InChI=1S/C6H9NSi/c1-8-6-4-2-3-5-7-6/h2-5H,8H2,1H3. The van der Waals surface area contributed by atoms with E-state index in [2.05, 4.69) is 17.6 Å². The lowest BCUT2D eigenvalue weighted by atomic mass is 10.5. The molecule has 0 aliphatic heterocycles. The van der Waals surface area contributed by atoms with Crippen LogP contribution in [0.25, 0.3) is 0 Å². The van der Waals surface area contributed by atoms with Gasteiger partial charge in [0.1, 0.15) is 0 Å². The van der Waals surface area contributed by atoms with Crippen LogP contribution in [0.15, 0.2) is 24.4 Å². The summed E-state index contributed by atoms with van der Waals surface area (Å²) < 4.78 is 0. The van der Waals surface area contributed by atoms with E-state index in [4.69, 9.17) is 0 Å². The van der Waals surface area contributed by atoms with Gasteiger partial charge in [-0.15, -0.1) is 0 Å². The van der Waals surface area contributed by atoms with Crippen molar-refractivity contribution in [2.75, 3.05) is 0 Å². The molecule has 0 fully saturated rings. The maximum absolute atomic E-state index is 4.16. The minimum atomic E-state index is -0.0198. The summed E-state index contributed by atoms with van der Waals surface area (Å²) >= 11 is 0. The highest BCUT2D eigenvalue weighted by molar-refractivity contribution is 6.50. The molecular formula is C6H9NSi. The van der Waals surface area contributed by atoms with Gasteiger partial charge >= 0.3 is 0 Å². The molecule has 1 aromatic heterocycles. The Kier molecular flexibility index (Phi) is 1.80. The van der Waals surface area contributed by atoms with E-state index < -0.39 is 0 Å². The summed E-state index contributed by atoms with van der Waals surface area (Å²) in [5.41, 5.74) is 0. The van der Waals surface area contributed by atoms with E-state index in [1.165, 1.54) is 5.32 Å². The van der Waals surface area contributed by atoms with Gasteiger partial charge in [0.05, 0.1) is 9.52 Å². The van der Waals surface area contributed by atoms with Crippen molar-refractivity contribution in [1.82, 2.24) is 4.98 Å². The van der Waals surface area contributed by atoms with Crippen molar-refractivity contribution in [3.63, 3.8) is 0 Å². The zero-order valence-electron chi connectivity index (χ0n) is 4.96. The Labute approximate surface area is 51.6 Å². The molecule has 0 atom stereocenters. The maximum Gasteiger partial charge on any atom is 0.0754 e. The third kappa shape index (κ3) is 1.17. The highest BCUT2D eigenvalue weighted by Gasteiger charge is 1.82. The topological polar surface area (TPSA) is 12.9 Å². The molecule has 0 N–H and O–H groups in total. The van der Waals surface area contributed by atoms with Gasteiger partial charge in [-0.05, 0) is 12.1 Å². The number of nitrogens with zero attached hydrogens (tertiary/aromatic N) is 1. The minimum absolute atomic E-state index is 0.0198. The van der Waals surface area contributed by atoms with Crippen molar-refractivity contribution >= 4 is 14.8 Å².